The number of sulfonamides is 1. The van der Waals surface area contributed by atoms with Crippen molar-refractivity contribution in [2.45, 2.75) is 17.1 Å². The predicted molar refractivity (Wildman–Crippen MR) is 102 cm³/mol. The number of rotatable bonds is 6. The first-order chi connectivity index (χ1) is 13.2. The number of carbonyl (C=O) groups is 2. The summed E-state index contributed by atoms with van der Waals surface area (Å²) in [4.78, 5) is 24.5. The van der Waals surface area contributed by atoms with Crippen molar-refractivity contribution in [2.24, 2.45) is 0 Å². The summed E-state index contributed by atoms with van der Waals surface area (Å²) in [6.07, 6.45) is 0. The molecule has 1 aliphatic rings. The van der Waals surface area contributed by atoms with Crippen LogP contribution >= 0.6 is 11.8 Å². The van der Waals surface area contributed by atoms with Gasteiger partial charge in [-0.15, -0.1) is 11.8 Å². The molecule has 0 aromatic heterocycles. The summed E-state index contributed by atoms with van der Waals surface area (Å²) >= 11 is 1.14. The van der Waals surface area contributed by atoms with Crippen molar-refractivity contribution in [1.29, 1.82) is 0 Å². The molecule has 1 N–H and O–H groups in total. The number of thioether (sulfide) groups is 1. The number of hydrogen-bond donors (Lipinski definition) is 1. The molecule has 0 unspecified atom stereocenters. The van der Waals surface area contributed by atoms with Crippen LogP contribution in [0.1, 0.15) is 17.3 Å². The molecule has 1 heterocycles. The van der Waals surface area contributed by atoms with Gasteiger partial charge in [0.25, 0.3) is 15.9 Å². The Bertz CT molecular complexity index is 1040. The van der Waals surface area contributed by atoms with E-state index in [1.54, 1.807) is 19.1 Å². The molecular weight excluding hydrogens is 410 g/mol. The highest BCUT2D eigenvalue weighted by Crippen LogP contribution is 2.30. The second kappa shape index (κ2) is 7.88. The first-order valence-electron chi connectivity index (χ1n) is 8.25. The van der Waals surface area contributed by atoms with Crippen molar-refractivity contribution in [3.05, 3.63) is 59.7 Å². The smallest absolute Gasteiger partial charge is 0.269 e. The minimum absolute atomic E-state index is 0.0193. The minimum atomic E-state index is -3.88. The van der Waals surface area contributed by atoms with Gasteiger partial charge in [-0.25, -0.2) is 21.5 Å². The van der Waals surface area contributed by atoms with Crippen molar-refractivity contribution in [1.82, 2.24) is 4.31 Å². The molecule has 2 amide bonds. The Morgan fingerprint density at radius 2 is 1.89 bits per heavy atom. The number of hydrogen-bond acceptors (Lipinski definition) is 5. The number of nitrogens with one attached hydrogen (secondary N) is 1. The van der Waals surface area contributed by atoms with Crippen LogP contribution in [0.2, 0.25) is 0 Å². The maximum absolute atomic E-state index is 13.2. The lowest BCUT2D eigenvalue weighted by molar-refractivity contribution is -0.115. The molecule has 0 saturated carbocycles. The van der Waals surface area contributed by atoms with E-state index in [2.05, 4.69) is 5.32 Å². The van der Waals surface area contributed by atoms with Gasteiger partial charge < -0.3 is 5.32 Å². The predicted octanol–water partition coefficient (Wildman–Crippen LogP) is 2.87. The number of fused-ring (bicyclic) bond motifs is 1. The molecule has 0 fully saturated rings. The zero-order valence-electron chi connectivity index (χ0n) is 14.7. The summed E-state index contributed by atoms with van der Waals surface area (Å²) in [7, 11) is -3.88. The Balaban J connectivity index is 1.57. The van der Waals surface area contributed by atoms with E-state index in [9.17, 15) is 26.8 Å². The molecule has 148 valence electrons. The number of halogens is 2. The van der Waals surface area contributed by atoms with Gasteiger partial charge in [0.1, 0.15) is 4.90 Å². The SMILES string of the molecule is C[C@H](SCCN1C(=O)c2ccccc2S1(=O)=O)C(=O)Nc1ccc(F)c(F)c1. The molecule has 3 rings (SSSR count). The highest BCUT2D eigenvalue weighted by molar-refractivity contribution is 8.00. The van der Waals surface area contributed by atoms with Gasteiger partial charge in [-0.05, 0) is 31.2 Å². The van der Waals surface area contributed by atoms with Crippen molar-refractivity contribution in [3.63, 3.8) is 0 Å². The standard InChI is InChI=1S/C18H16F2N2O4S2/c1-11(17(23)21-12-6-7-14(19)15(20)10-12)27-9-8-22-18(24)13-4-2-3-5-16(13)28(22,25)26/h2-7,10-11H,8-9H2,1H3,(H,21,23)/t11-/m0/s1. The van der Waals surface area contributed by atoms with E-state index in [1.165, 1.54) is 18.2 Å². The first-order valence-corrected chi connectivity index (χ1v) is 10.7. The minimum Gasteiger partial charge on any atom is -0.325 e. The summed E-state index contributed by atoms with van der Waals surface area (Å²) in [5.41, 5.74) is 0.251. The average Bonchev–Trinajstić information content (AvgIpc) is 2.85. The third-order valence-corrected chi connectivity index (χ3v) is 7.10. The van der Waals surface area contributed by atoms with Crippen LogP contribution in [0, 0.1) is 11.6 Å². The zero-order valence-corrected chi connectivity index (χ0v) is 16.3. The molecule has 6 nitrogen and oxygen atoms in total. The van der Waals surface area contributed by atoms with Crippen LogP contribution < -0.4 is 5.32 Å². The number of nitrogens with zero attached hydrogens (tertiary/aromatic N) is 1. The lowest BCUT2D eigenvalue weighted by Crippen LogP contribution is -2.33. The molecule has 1 aliphatic heterocycles. The van der Waals surface area contributed by atoms with E-state index in [-0.39, 0.29) is 28.4 Å². The fourth-order valence-corrected chi connectivity index (χ4v) is 5.19. The average molecular weight is 426 g/mol. The monoisotopic (exact) mass is 426 g/mol. The molecule has 10 heteroatoms. The second-order valence-electron chi connectivity index (χ2n) is 6.01. The molecular formula is C18H16F2N2O4S2. The van der Waals surface area contributed by atoms with E-state index in [1.807, 2.05) is 0 Å². The fraction of sp³-hybridized carbons (Fsp3) is 0.222. The van der Waals surface area contributed by atoms with Gasteiger partial charge in [-0.1, -0.05) is 12.1 Å². The largest absolute Gasteiger partial charge is 0.325 e. The van der Waals surface area contributed by atoms with Gasteiger partial charge in [0.05, 0.1) is 10.8 Å². The van der Waals surface area contributed by atoms with Crippen LogP contribution in [-0.4, -0.2) is 42.1 Å². The summed E-state index contributed by atoms with van der Waals surface area (Å²) < 4.78 is 51.8. The van der Waals surface area contributed by atoms with E-state index < -0.39 is 38.7 Å². The van der Waals surface area contributed by atoms with E-state index in [0.717, 1.165) is 28.2 Å². The molecule has 0 radical (unpaired) electrons. The van der Waals surface area contributed by atoms with Crippen molar-refractivity contribution < 1.29 is 26.8 Å². The van der Waals surface area contributed by atoms with Gasteiger partial charge in [-0.3, -0.25) is 9.59 Å². The van der Waals surface area contributed by atoms with Gasteiger partial charge in [-0.2, -0.15) is 0 Å². The quantitative estimate of drug-likeness (QED) is 0.768. The van der Waals surface area contributed by atoms with Crippen LogP contribution in [0.5, 0.6) is 0 Å². The Labute approximate surface area is 165 Å². The van der Waals surface area contributed by atoms with E-state index in [0.29, 0.717) is 0 Å². The maximum atomic E-state index is 13.2. The van der Waals surface area contributed by atoms with Crippen molar-refractivity contribution in [3.8, 4) is 0 Å². The van der Waals surface area contributed by atoms with Gasteiger partial charge in [0, 0.05) is 24.1 Å². The molecule has 0 spiro atoms. The van der Waals surface area contributed by atoms with Crippen LogP contribution in [0.4, 0.5) is 14.5 Å². The number of benzene rings is 2. The first kappa shape index (κ1) is 20.3. The highest BCUT2D eigenvalue weighted by Gasteiger charge is 2.40. The maximum Gasteiger partial charge on any atom is 0.269 e. The van der Waals surface area contributed by atoms with Crippen LogP contribution in [-0.2, 0) is 14.8 Å². The van der Waals surface area contributed by atoms with E-state index >= 15 is 0 Å². The van der Waals surface area contributed by atoms with Crippen molar-refractivity contribution >= 4 is 39.3 Å². The summed E-state index contributed by atoms with van der Waals surface area (Å²) in [6.45, 7) is 1.51. The Hall–Kier alpha value is -2.46. The third kappa shape index (κ3) is 3.88. The number of carbonyl (C=O) groups excluding carboxylic acids is 2. The highest BCUT2D eigenvalue weighted by atomic mass is 32.2. The normalized spacial score (nSPS) is 16.0. The number of anilines is 1. The topological polar surface area (TPSA) is 83.6 Å². The van der Waals surface area contributed by atoms with Gasteiger partial charge in [0.2, 0.25) is 5.91 Å². The van der Waals surface area contributed by atoms with Crippen molar-refractivity contribution in [2.75, 3.05) is 17.6 Å². The van der Waals surface area contributed by atoms with Crippen LogP contribution in [0.25, 0.3) is 0 Å². The molecule has 0 aliphatic carbocycles. The number of amides is 2. The summed E-state index contributed by atoms with van der Waals surface area (Å²) in [5, 5.41) is 1.86. The molecule has 2 aromatic rings. The molecule has 0 bridgehead atoms. The fourth-order valence-electron chi connectivity index (χ4n) is 2.66. The van der Waals surface area contributed by atoms with Crippen LogP contribution in [0.15, 0.2) is 47.4 Å². The second-order valence-corrected chi connectivity index (χ2v) is 9.29. The third-order valence-electron chi connectivity index (χ3n) is 4.13. The lowest BCUT2D eigenvalue weighted by Gasteiger charge is -2.17. The Morgan fingerprint density at radius 3 is 2.57 bits per heavy atom. The molecule has 0 saturated heterocycles. The zero-order chi connectivity index (χ0) is 20.5. The van der Waals surface area contributed by atoms with Crippen LogP contribution in [0.3, 0.4) is 0 Å². The molecule has 28 heavy (non-hydrogen) atoms. The lowest BCUT2D eigenvalue weighted by atomic mass is 10.2. The van der Waals surface area contributed by atoms with E-state index in [4.69, 9.17) is 0 Å². The Kier molecular flexibility index (Phi) is 5.71. The molecule has 1 atom stereocenters. The molecule has 2 aromatic carbocycles. The summed E-state index contributed by atoms with van der Waals surface area (Å²) in [5.74, 6) is -2.93. The van der Waals surface area contributed by atoms with Gasteiger partial charge >= 0.3 is 0 Å². The summed E-state index contributed by atoms with van der Waals surface area (Å²) in [6, 6.07) is 9.00. The Morgan fingerprint density at radius 1 is 1.18 bits per heavy atom. The van der Waals surface area contributed by atoms with Gasteiger partial charge in [0.15, 0.2) is 11.6 Å².